The normalized spacial score (nSPS) is 41.5. The third-order valence-electron chi connectivity index (χ3n) is 6.76. The van der Waals surface area contributed by atoms with Crippen LogP contribution in [0.1, 0.15) is 87.5 Å². The van der Waals surface area contributed by atoms with Gasteiger partial charge < -0.3 is 0 Å². The molecule has 23 heavy (non-hydrogen) atoms. The molecule has 0 bridgehead atoms. The minimum Gasteiger partial charge on any atom is -0.232 e. The second-order valence-electron chi connectivity index (χ2n) is 11.5. The molecule has 0 aromatic heterocycles. The standard InChI is InChI=1S/C21H38O2/c1-18(2)10-14(11-19(3,4)16(18)22)9-15-12-20(5,6)17(23)21(7,8)13-15/h14-17H,9-13H2,1-8H3. The highest BCUT2D eigenvalue weighted by Gasteiger charge is 2.51. The van der Waals surface area contributed by atoms with E-state index in [4.69, 9.17) is 0 Å². The van der Waals surface area contributed by atoms with Crippen molar-refractivity contribution < 1.29 is 10.2 Å². The maximum absolute atomic E-state index is 12.7. The lowest BCUT2D eigenvalue weighted by Crippen LogP contribution is -2.49. The van der Waals surface area contributed by atoms with Gasteiger partial charge in [0, 0.05) is 0 Å². The van der Waals surface area contributed by atoms with Crippen molar-refractivity contribution in [1.82, 2.24) is 0 Å². The molecule has 0 unspecified atom stereocenters. The summed E-state index contributed by atoms with van der Waals surface area (Å²) in [5.74, 6) is 1.26. The van der Waals surface area contributed by atoms with Crippen LogP contribution in [-0.2, 0) is 10.2 Å². The van der Waals surface area contributed by atoms with Crippen LogP contribution in [0.15, 0.2) is 0 Å². The molecule has 0 spiro atoms. The number of rotatable bonds is 2. The predicted molar refractivity (Wildman–Crippen MR) is 94.1 cm³/mol. The van der Waals surface area contributed by atoms with E-state index >= 15 is 0 Å². The van der Waals surface area contributed by atoms with Crippen molar-refractivity contribution >= 4 is 0 Å². The van der Waals surface area contributed by atoms with Gasteiger partial charge in [0.2, 0.25) is 0 Å². The van der Waals surface area contributed by atoms with Gasteiger partial charge in [-0.25, -0.2) is 10.2 Å². The fraction of sp³-hybridized carbons (Fsp3) is 1.00. The molecule has 2 saturated carbocycles. The van der Waals surface area contributed by atoms with E-state index in [2.05, 4.69) is 55.4 Å². The maximum atomic E-state index is 12.7. The van der Waals surface area contributed by atoms with E-state index in [9.17, 15) is 10.2 Å². The number of hydrogen-bond acceptors (Lipinski definition) is 0. The fourth-order valence-corrected chi connectivity index (χ4v) is 6.47. The van der Waals surface area contributed by atoms with Crippen LogP contribution in [0.4, 0.5) is 0 Å². The molecular formula is C21H38O2. The van der Waals surface area contributed by atoms with Crippen LogP contribution in [0.3, 0.4) is 0 Å². The summed E-state index contributed by atoms with van der Waals surface area (Å²) in [7, 11) is 0. The zero-order valence-corrected chi connectivity index (χ0v) is 16.7. The molecule has 2 nitrogen and oxygen atoms in total. The van der Waals surface area contributed by atoms with Crippen LogP contribution < -0.4 is 0 Å². The van der Waals surface area contributed by atoms with Crippen LogP contribution in [0, 0.1) is 33.5 Å². The Bertz CT molecular complexity index is 357. The van der Waals surface area contributed by atoms with Crippen LogP contribution in [0.25, 0.3) is 0 Å². The van der Waals surface area contributed by atoms with E-state index in [1.165, 1.54) is 6.42 Å². The van der Waals surface area contributed by atoms with Crippen LogP contribution in [0.2, 0.25) is 0 Å². The van der Waals surface area contributed by atoms with Gasteiger partial charge in [-0.2, -0.15) is 0 Å². The molecule has 0 amide bonds. The molecule has 2 heteroatoms. The molecule has 2 rings (SSSR count). The van der Waals surface area contributed by atoms with E-state index in [1.807, 2.05) is 0 Å². The summed E-state index contributed by atoms with van der Waals surface area (Å²) in [5, 5.41) is 25.4. The first-order chi connectivity index (χ1) is 10.2. The predicted octanol–water partition coefficient (Wildman–Crippen LogP) is 5.90. The Morgan fingerprint density at radius 3 is 1.00 bits per heavy atom. The zero-order chi connectivity index (χ0) is 17.8. The highest BCUT2D eigenvalue weighted by atomic mass is 16.3. The summed E-state index contributed by atoms with van der Waals surface area (Å²) in [6.07, 6.45) is 4.42. The highest BCUT2D eigenvalue weighted by Crippen LogP contribution is 2.54. The van der Waals surface area contributed by atoms with Gasteiger partial charge in [-0.1, -0.05) is 55.4 Å². The summed E-state index contributed by atoms with van der Waals surface area (Å²) in [6.45, 7) is 17.2. The van der Waals surface area contributed by atoms with Gasteiger partial charge >= 0.3 is 0 Å². The van der Waals surface area contributed by atoms with Gasteiger partial charge in [-0.15, -0.1) is 0 Å². The van der Waals surface area contributed by atoms with E-state index in [-0.39, 0.29) is 21.7 Å². The Labute approximate surface area is 144 Å². The fourth-order valence-electron chi connectivity index (χ4n) is 6.47. The Balaban J connectivity index is 2.10. The molecule has 2 aliphatic rings. The van der Waals surface area contributed by atoms with Gasteiger partial charge in [0.05, 0.1) is 0 Å². The van der Waals surface area contributed by atoms with Crippen molar-refractivity contribution in [3.63, 3.8) is 0 Å². The zero-order valence-electron chi connectivity index (χ0n) is 16.7. The van der Waals surface area contributed by atoms with Gasteiger partial charge in [0.1, 0.15) is 12.2 Å². The first kappa shape index (κ1) is 19.2. The Hall–Kier alpha value is -0.0800. The lowest BCUT2D eigenvalue weighted by molar-refractivity contribution is -0.148. The number of hydrogen-bond donors (Lipinski definition) is 0. The molecule has 2 aliphatic carbocycles. The van der Waals surface area contributed by atoms with Crippen molar-refractivity contribution in [3.05, 3.63) is 0 Å². The molecule has 0 atom stereocenters. The highest BCUT2D eigenvalue weighted by molar-refractivity contribution is 5.00. The summed E-state index contributed by atoms with van der Waals surface area (Å²) < 4.78 is 0. The first-order valence-corrected chi connectivity index (χ1v) is 9.49. The summed E-state index contributed by atoms with van der Waals surface area (Å²) in [5.41, 5.74) is -0.471. The average Bonchev–Trinajstić information content (AvgIpc) is 2.31. The van der Waals surface area contributed by atoms with Gasteiger partial charge in [0.15, 0.2) is 0 Å². The summed E-state index contributed by atoms with van der Waals surface area (Å²) >= 11 is 0. The van der Waals surface area contributed by atoms with E-state index in [0.717, 1.165) is 25.7 Å². The van der Waals surface area contributed by atoms with Crippen LogP contribution in [-0.4, -0.2) is 12.2 Å². The van der Waals surface area contributed by atoms with Crippen LogP contribution in [0.5, 0.6) is 0 Å². The third-order valence-corrected chi connectivity index (χ3v) is 6.76. The largest absolute Gasteiger partial charge is 0.232 e. The lowest BCUT2D eigenvalue weighted by Gasteiger charge is -2.52. The minimum absolute atomic E-state index is 0.118. The van der Waals surface area contributed by atoms with Crippen molar-refractivity contribution in [2.45, 2.75) is 99.7 Å². The molecule has 134 valence electrons. The summed E-state index contributed by atoms with van der Waals surface area (Å²) in [6, 6.07) is 0. The summed E-state index contributed by atoms with van der Waals surface area (Å²) in [4.78, 5) is 0. The Morgan fingerprint density at radius 2 is 0.783 bits per heavy atom. The molecular weight excluding hydrogens is 284 g/mol. The van der Waals surface area contributed by atoms with E-state index < -0.39 is 12.2 Å². The van der Waals surface area contributed by atoms with Crippen molar-refractivity contribution in [2.75, 3.05) is 0 Å². The average molecular weight is 323 g/mol. The molecule has 0 heterocycles. The van der Waals surface area contributed by atoms with Crippen molar-refractivity contribution in [1.29, 1.82) is 0 Å². The van der Waals surface area contributed by atoms with E-state index in [1.54, 1.807) is 0 Å². The monoisotopic (exact) mass is 322 g/mol. The smallest absolute Gasteiger partial charge is 0.103 e. The molecule has 2 fully saturated rings. The topological polar surface area (TPSA) is 39.8 Å². The molecule has 0 saturated heterocycles. The second-order valence-corrected chi connectivity index (χ2v) is 11.5. The molecule has 0 N–H and O–H groups in total. The Morgan fingerprint density at radius 1 is 0.565 bits per heavy atom. The van der Waals surface area contributed by atoms with Gasteiger partial charge in [-0.05, 0) is 65.6 Å². The first-order valence-electron chi connectivity index (χ1n) is 9.49. The van der Waals surface area contributed by atoms with Crippen molar-refractivity contribution in [2.24, 2.45) is 33.5 Å². The SMILES string of the molecule is CC1(C)CC(CC2CC(C)(C)C([O])C(C)(C)C2)CC(C)(C)C1[O]. The van der Waals surface area contributed by atoms with Gasteiger partial charge in [-0.3, -0.25) is 0 Å². The van der Waals surface area contributed by atoms with Gasteiger partial charge in [0.25, 0.3) is 0 Å². The Kier molecular flexibility index (Phi) is 4.79. The minimum atomic E-state index is -0.475. The third kappa shape index (κ3) is 3.79. The second kappa shape index (κ2) is 5.73. The lowest BCUT2D eigenvalue weighted by atomic mass is 9.55. The quantitative estimate of drug-likeness (QED) is 0.607. The maximum Gasteiger partial charge on any atom is 0.103 e. The molecule has 2 radical (unpaired) electrons. The molecule has 0 aliphatic heterocycles. The van der Waals surface area contributed by atoms with Crippen LogP contribution >= 0.6 is 0 Å². The molecule has 0 aromatic rings. The molecule has 0 aromatic carbocycles. The van der Waals surface area contributed by atoms with E-state index in [0.29, 0.717) is 11.8 Å². The van der Waals surface area contributed by atoms with Crippen molar-refractivity contribution in [3.8, 4) is 0 Å².